The summed E-state index contributed by atoms with van der Waals surface area (Å²) in [6.45, 7) is 7.18. The highest BCUT2D eigenvalue weighted by Gasteiger charge is 2.63. The first-order valence-corrected chi connectivity index (χ1v) is 12.7. The summed E-state index contributed by atoms with van der Waals surface area (Å²) in [6.07, 6.45) is 10.0. The zero-order valence-electron chi connectivity index (χ0n) is 19.5. The average Bonchev–Trinajstić information content (AvgIpc) is 3.01. The number of hydrogen-bond donors (Lipinski definition) is 1. The molecule has 6 rings (SSSR count). The highest BCUT2D eigenvalue weighted by Crippen LogP contribution is 2.67. The summed E-state index contributed by atoms with van der Waals surface area (Å²) in [6, 6.07) is 18.1. The molecule has 7 atom stereocenters. The molecule has 2 aromatic carbocycles. The van der Waals surface area contributed by atoms with E-state index in [0.29, 0.717) is 5.41 Å². The normalized spacial score (nSPS) is 43.5. The van der Waals surface area contributed by atoms with Crippen LogP contribution in [0.2, 0.25) is 0 Å². The Morgan fingerprint density at radius 2 is 1.55 bits per heavy atom. The van der Waals surface area contributed by atoms with Crippen LogP contribution in [0.1, 0.15) is 70.4 Å². The molecule has 31 heavy (non-hydrogen) atoms. The summed E-state index contributed by atoms with van der Waals surface area (Å²) in [7, 11) is 0. The molecular weight excluding hydrogens is 376 g/mol. The minimum atomic E-state index is -0.465. The van der Waals surface area contributed by atoms with E-state index in [1.54, 1.807) is 11.1 Å². The van der Waals surface area contributed by atoms with Crippen LogP contribution in [0.3, 0.4) is 0 Å². The molecule has 2 aromatic rings. The van der Waals surface area contributed by atoms with Gasteiger partial charge in [-0.1, -0.05) is 62.4 Å². The Bertz CT molecular complexity index is 991. The lowest BCUT2D eigenvalue weighted by molar-refractivity contribution is -0.139. The molecule has 0 heterocycles. The van der Waals surface area contributed by atoms with Crippen molar-refractivity contribution >= 4 is 0 Å². The standard InChI is InChI=1S/C30H38O/c1-28-19-22-10-9-21(20-7-5-4-6-8-20)17-23(22)18-24(28)11-12-25-26(28)13-15-29(2)27(25)14-16-30(29,3)31/h4-10,17,24-27,31H,11-16,18-19H2,1-3H3. The fourth-order valence-electron chi connectivity index (χ4n) is 8.86. The maximum Gasteiger partial charge on any atom is 0.0675 e. The first kappa shape index (κ1) is 20.0. The first-order valence-electron chi connectivity index (χ1n) is 12.7. The molecule has 7 unspecified atom stereocenters. The van der Waals surface area contributed by atoms with E-state index in [4.69, 9.17) is 0 Å². The number of aliphatic hydroxyl groups is 1. The zero-order valence-corrected chi connectivity index (χ0v) is 19.5. The number of fused-ring (bicyclic) bond motifs is 6. The molecule has 0 spiro atoms. The SMILES string of the molecule is CC12Cc3ccc(-c4ccccc4)cc3CC1CCC1C2CCC2(C)C1CCC2(C)O. The van der Waals surface area contributed by atoms with Crippen molar-refractivity contribution in [2.45, 2.75) is 77.7 Å². The Kier molecular flexibility index (Phi) is 4.33. The van der Waals surface area contributed by atoms with E-state index in [2.05, 4.69) is 69.3 Å². The maximum absolute atomic E-state index is 11.2. The molecular formula is C30H38O. The van der Waals surface area contributed by atoms with Crippen molar-refractivity contribution in [3.05, 3.63) is 59.7 Å². The van der Waals surface area contributed by atoms with Crippen LogP contribution in [0, 0.1) is 34.5 Å². The quantitative estimate of drug-likeness (QED) is 0.529. The maximum atomic E-state index is 11.2. The molecule has 1 N–H and O–H groups in total. The van der Waals surface area contributed by atoms with Gasteiger partial charge in [-0.05, 0) is 115 Å². The third-order valence-corrected chi connectivity index (χ3v) is 11.0. The van der Waals surface area contributed by atoms with Crippen molar-refractivity contribution in [3.8, 4) is 11.1 Å². The van der Waals surface area contributed by atoms with Crippen molar-refractivity contribution in [1.29, 1.82) is 0 Å². The highest BCUT2D eigenvalue weighted by atomic mass is 16.3. The predicted molar refractivity (Wildman–Crippen MR) is 128 cm³/mol. The minimum Gasteiger partial charge on any atom is -0.390 e. The van der Waals surface area contributed by atoms with Crippen molar-refractivity contribution in [2.75, 3.05) is 0 Å². The first-order chi connectivity index (χ1) is 14.8. The molecule has 0 saturated heterocycles. The second kappa shape index (κ2) is 6.70. The number of hydrogen-bond acceptors (Lipinski definition) is 1. The van der Waals surface area contributed by atoms with Crippen LogP contribution in [-0.2, 0) is 12.8 Å². The number of rotatable bonds is 1. The van der Waals surface area contributed by atoms with Crippen LogP contribution in [0.15, 0.2) is 48.5 Å². The second-order valence-corrected chi connectivity index (χ2v) is 12.2. The Morgan fingerprint density at radius 3 is 2.35 bits per heavy atom. The van der Waals surface area contributed by atoms with Crippen molar-refractivity contribution < 1.29 is 5.11 Å². The molecule has 0 bridgehead atoms. The summed E-state index contributed by atoms with van der Waals surface area (Å²) in [4.78, 5) is 0. The lowest BCUT2D eigenvalue weighted by Gasteiger charge is -2.61. The van der Waals surface area contributed by atoms with Gasteiger partial charge in [0.05, 0.1) is 5.60 Å². The monoisotopic (exact) mass is 414 g/mol. The molecule has 3 fully saturated rings. The van der Waals surface area contributed by atoms with E-state index < -0.39 is 5.60 Å². The Hall–Kier alpha value is -1.60. The Balaban J connectivity index is 1.32. The fourth-order valence-corrected chi connectivity index (χ4v) is 8.86. The van der Waals surface area contributed by atoms with Gasteiger partial charge in [-0.15, -0.1) is 0 Å². The summed E-state index contributed by atoms with van der Waals surface area (Å²) in [5.41, 5.74) is 6.01. The molecule has 0 radical (unpaired) electrons. The van der Waals surface area contributed by atoms with Crippen LogP contribution in [0.4, 0.5) is 0 Å². The van der Waals surface area contributed by atoms with Crippen molar-refractivity contribution in [1.82, 2.24) is 0 Å². The molecule has 0 amide bonds. The average molecular weight is 415 g/mol. The Morgan fingerprint density at radius 1 is 0.774 bits per heavy atom. The summed E-state index contributed by atoms with van der Waals surface area (Å²) < 4.78 is 0. The van der Waals surface area contributed by atoms with Crippen LogP contribution < -0.4 is 0 Å². The van der Waals surface area contributed by atoms with Gasteiger partial charge in [0, 0.05) is 0 Å². The van der Waals surface area contributed by atoms with Crippen molar-refractivity contribution in [2.24, 2.45) is 34.5 Å². The van der Waals surface area contributed by atoms with Gasteiger partial charge >= 0.3 is 0 Å². The van der Waals surface area contributed by atoms with Crippen LogP contribution in [0.25, 0.3) is 11.1 Å². The van der Waals surface area contributed by atoms with Gasteiger partial charge in [0.2, 0.25) is 0 Å². The van der Waals surface area contributed by atoms with E-state index in [0.717, 1.165) is 30.1 Å². The molecule has 0 aromatic heterocycles. The smallest absolute Gasteiger partial charge is 0.0675 e. The van der Waals surface area contributed by atoms with Crippen LogP contribution in [0.5, 0.6) is 0 Å². The van der Waals surface area contributed by atoms with E-state index in [9.17, 15) is 5.11 Å². The molecule has 4 aliphatic rings. The third kappa shape index (κ3) is 2.78. The molecule has 4 aliphatic carbocycles. The van der Waals surface area contributed by atoms with Gasteiger partial charge in [-0.3, -0.25) is 0 Å². The fraction of sp³-hybridized carbons (Fsp3) is 0.600. The predicted octanol–water partition coefficient (Wildman–Crippen LogP) is 7.06. The van der Waals surface area contributed by atoms with E-state index >= 15 is 0 Å². The van der Waals surface area contributed by atoms with Crippen molar-refractivity contribution in [3.63, 3.8) is 0 Å². The largest absolute Gasteiger partial charge is 0.390 e. The molecule has 0 aliphatic heterocycles. The van der Waals surface area contributed by atoms with E-state index in [1.165, 1.54) is 56.1 Å². The van der Waals surface area contributed by atoms with Gasteiger partial charge in [-0.25, -0.2) is 0 Å². The van der Waals surface area contributed by atoms with Crippen LogP contribution >= 0.6 is 0 Å². The summed E-state index contributed by atoms with van der Waals surface area (Å²) >= 11 is 0. The summed E-state index contributed by atoms with van der Waals surface area (Å²) in [5.74, 6) is 3.19. The molecule has 3 saturated carbocycles. The topological polar surface area (TPSA) is 20.2 Å². The minimum absolute atomic E-state index is 0.133. The number of benzene rings is 2. The highest BCUT2D eigenvalue weighted by molar-refractivity contribution is 5.65. The van der Waals surface area contributed by atoms with Gasteiger partial charge in [-0.2, -0.15) is 0 Å². The van der Waals surface area contributed by atoms with Gasteiger partial charge in [0.25, 0.3) is 0 Å². The van der Waals surface area contributed by atoms with E-state index in [1.807, 2.05) is 0 Å². The third-order valence-electron chi connectivity index (χ3n) is 11.0. The lowest BCUT2D eigenvalue weighted by atomic mass is 9.44. The zero-order chi connectivity index (χ0) is 21.4. The van der Waals surface area contributed by atoms with Gasteiger partial charge < -0.3 is 5.11 Å². The lowest BCUT2D eigenvalue weighted by Crippen LogP contribution is -2.56. The Labute approximate surface area is 188 Å². The molecule has 1 nitrogen and oxygen atoms in total. The van der Waals surface area contributed by atoms with E-state index in [-0.39, 0.29) is 5.41 Å². The van der Waals surface area contributed by atoms with Crippen LogP contribution in [-0.4, -0.2) is 10.7 Å². The summed E-state index contributed by atoms with van der Waals surface area (Å²) in [5, 5.41) is 11.2. The molecule has 164 valence electrons. The molecule has 1 heteroatoms. The van der Waals surface area contributed by atoms with Gasteiger partial charge in [0.1, 0.15) is 0 Å². The second-order valence-electron chi connectivity index (χ2n) is 12.2. The van der Waals surface area contributed by atoms with Gasteiger partial charge in [0.15, 0.2) is 0 Å².